The van der Waals surface area contributed by atoms with Gasteiger partial charge in [-0.05, 0) is 43.2 Å². The summed E-state index contributed by atoms with van der Waals surface area (Å²) in [7, 11) is 0. The van der Waals surface area contributed by atoms with Crippen LogP contribution in [0.15, 0.2) is 42.5 Å². The van der Waals surface area contributed by atoms with Crippen LogP contribution in [0.25, 0.3) is 10.2 Å². The molecule has 0 aliphatic carbocycles. The minimum atomic E-state index is -2.05. The number of anilines is 1. The molecule has 0 saturated carbocycles. The fourth-order valence-corrected chi connectivity index (χ4v) is 5.79. The Labute approximate surface area is 187 Å². The number of amides is 1. The van der Waals surface area contributed by atoms with E-state index in [1.165, 1.54) is 23.5 Å². The maximum absolute atomic E-state index is 13.5. The van der Waals surface area contributed by atoms with Gasteiger partial charge in [-0.2, -0.15) is 0 Å². The molecule has 1 aliphatic heterocycles. The summed E-state index contributed by atoms with van der Waals surface area (Å²) in [5.74, 6) is -0.405. The second-order valence-corrected chi connectivity index (χ2v) is 9.79. The van der Waals surface area contributed by atoms with Crippen LogP contribution in [-0.4, -0.2) is 50.2 Å². The third-order valence-corrected chi connectivity index (χ3v) is 7.80. The highest BCUT2D eigenvalue weighted by molar-refractivity contribution is 7.79. The fourth-order valence-electron chi connectivity index (χ4n) is 4.05. The molecule has 0 spiro atoms. The topological polar surface area (TPSA) is 73.7 Å². The molecule has 1 fully saturated rings. The number of hydrogen-bond donors (Lipinski definition) is 1. The molecule has 6 nitrogen and oxygen atoms in total. The van der Waals surface area contributed by atoms with E-state index < -0.39 is 16.3 Å². The van der Waals surface area contributed by atoms with Gasteiger partial charge in [-0.3, -0.25) is 4.79 Å². The van der Waals surface area contributed by atoms with Crippen LogP contribution < -0.4 is 4.90 Å². The van der Waals surface area contributed by atoms with Crippen LogP contribution in [0.2, 0.25) is 0 Å². The van der Waals surface area contributed by atoms with E-state index in [1.807, 2.05) is 18.7 Å². The lowest BCUT2D eigenvalue weighted by Gasteiger charge is -2.40. The van der Waals surface area contributed by atoms with E-state index >= 15 is 0 Å². The van der Waals surface area contributed by atoms with E-state index in [-0.39, 0.29) is 17.8 Å². The molecule has 1 saturated heterocycles. The molecule has 1 aromatic heterocycles. The molecule has 164 valence electrons. The summed E-state index contributed by atoms with van der Waals surface area (Å²) in [4.78, 5) is 21.9. The smallest absolute Gasteiger partial charge is 0.254 e. The zero-order chi connectivity index (χ0) is 22.1. The van der Waals surface area contributed by atoms with Crippen molar-refractivity contribution < 1.29 is 17.9 Å². The Morgan fingerprint density at radius 3 is 2.81 bits per heavy atom. The average Bonchev–Trinajstić information content (AvgIpc) is 3.17. The van der Waals surface area contributed by atoms with Gasteiger partial charge >= 0.3 is 0 Å². The van der Waals surface area contributed by atoms with Gasteiger partial charge in [0, 0.05) is 31.2 Å². The number of carbonyl (C=O) groups is 1. The summed E-state index contributed by atoms with van der Waals surface area (Å²) >= 11 is -0.599. The number of hydrogen-bond acceptors (Lipinski definition) is 5. The van der Waals surface area contributed by atoms with Crippen molar-refractivity contribution in [3.05, 3.63) is 59.4 Å². The van der Waals surface area contributed by atoms with Gasteiger partial charge < -0.3 is 14.4 Å². The summed E-state index contributed by atoms with van der Waals surface area (Å²) in [5, 5.41) is 0.224. The van der Waals surface area contributed by atoms with Crippen molar-refractivity contribution in [3.8, 4) is 0 Å². The number of halogens is 1. The number of aromatic nitrogens is 1. The molecule has 1 N–H and O–H groups in total. The summed E-state index contributed by atoms with van der Waals surface area (Å²) in [6, 6.07) is 11.6. The van der Waals surface area contributed by atoms with Gasteiger partial charge in [0.25, 0.3) is 5.91 Å². The van der Waals surface area contributed by atoms with Gasteiger partial charge in [0.05, 0.1) is 15.5 Å². The Bertz CT molecular complexity index is 1140. The van der Waals surface area contributed by atoms with Gasteiger partial charge in [-0.1, -0.05) is 36.5 Å². The minimum Gasteiger partial charge on any atom is -0.344 e. The number of thiazole rings is 1. The van der Waals surface area contributed by atoms with Crippen LogP contribution >= 0.6 is 11.3 Å². The van der Waals surface area contributed by atoms with Crippen molar-refractivity contribution in [3.63, 3.8) is 0 Å². The highest BCUT2D eigenvalue weighted by Crippen LogP contribution is 2.32. The molecule has 2 unspecified atom stereocenters. The molecule has 1 aliphatic rings. The largest absolute Gasteiger partial charge is 0.344 e. The summed E-state index contributed by atoms with van der Waals surface area (Å²) in [6.07, 6.45) is 0.467. The zero-order valence-electron chi connectivity index (χ0n) is 17.3. The summed E-state index contributed by atoms with van der Waals surface area (Å²) < 4.78 is 35.8. The Hall–Kier alpha value is -2.36. The van der Waals surface area contributed by atoms with E-state index in [0.717, 1.165) is 15.3 Å². The van der Waals surface area contributed by atoms with Crippen molar-refractivity contribution in [2.45, 2.75) is 31.6 Å². The Morgan fingerprint density at radius 2 is 2.10 bits per heavy atom. The lowest BCUT2D eigenvalue weighted by atomic mass is 10.0. The normalized spacial score (nSPS) is 18.9. The molecular formula is C22H24FN3O3S2. The van der Waals surface area contributed by atoms with E-state index in [0.29, 0.717) is 37.2 Å². The summed E-state index contributed by atoms with van der Waals surface area (Å²) in [5.41, 5.74) is 1.86. The molecule has 31 heavy (non-hydrogen) atoms. The zero-order valence-corrected chi connectivity index (χ0v) is 19.0. The fraction of sp³-hybridized carbons (Fsp3) is 0.364. The highest BCUT2D eigenvalue weighted by atomic mass is 32.2. The van der Waals surface area contributed by atoms with Crippen LogP contribution in [0.1, 0.15) is 41.4 Å². The van der Waals surface area contributed by atoms with Crippen LogP contribution in [0, 0.1) is 5.82 Å². The van der Waals surface area contributed by atoms with Gasteiger partial charge in [0.1, 0.15) is 5.82 Å². The monoisotopic (exact) mass is 461 g/mol. The third-order valence-electron chi connectivity index (χ3n) is 5.65. The average molecular weight is 462 g/mol. The standard InChI is InChI=1S/C22H24FN3O3S2/c1-3-20(31(28)29)16-6-4-5-7-17(16)21(27)26-11-10-25(13-14(26)2)22-24-18-9-8-15(23)12-19(18)30-22/h4-9,12,14,20H,3,10-11,13H2,1-2H3,(H,28,29)/t14-,20?/m0/s1. The van der Waals surface area contributed by atoms with Crippen molar-refractivity contribution in [1.29, 1.82) is 0 Å². The lowest BCUT2D eigenvalue weighted by molar-refractivity contribution is 0.0673. The van der Waals surface area contributed by atoms with Gasteiger partial charge in [0.15, 0.2) is 16.2 Å². The van der Waals surface area contributed by atoms with Crippen molar-refractivity contribution in [1.82, 2.24) is 9.88 Å². The molecular weight excluding hydrogens is 437 g/mol. The van der Waals surface area contributed by atoms with Crippen LogP contribution in [-0.2, 0) is 11.1 Å². The number of benzene rings is 2. The summed E-state index contributed by atoms with van der Waals surface area (Å²) in [6.45, 7) is 5.56. The van der Waals surface area contributed by atoms with E-state index in [2.05, 4.69) is 9.88 Å². The SMILES string of the molecule is CCC(c1ccccc1C(=O)N1CCN(c2nc3ccc(F)cc3s2)C[C@@H]1C)S(=O)O. The second kappa shape index (κ2) is 9.02. The first-order valence-corrected chi connectivity index (χ1v) is 12.2. The highest BCUT2D eigenvalue weighted by Gasteiger charge is 2.32. The molecule has 2 heterocycles. The number of piperazine rings is 1. The van der Waals surface area contributed by atoms with Gasteiger partial charge in [0.2, 0.25) is 0 Å². The lowest BCUT2D eigenvalue weighted by Crippen LogP contribution is -2.54. The third kappa shape index (κ3) is 4.35. The first-order chi connectivity index (χ1) is 14.9. The molecule has 0 bridgehead atoms. The van der Waals surface area contributed by atoms with E-state index in [1.54, 1.807) is 30.3 Å². The molecule has 1 amide bonds. The number of carbonyl (C=O) groups excluding carboxylic acids is 1. The first-order valence-electron chi connectivity index (χ1n) is 10.2. The molecule has 2 aromatic carbocycles. The molecule has 3 aromatic rings. The maximum Gasteiger partial charge on any atom is 0.254 e. The molecule has 4 rings (SSSR count). The Balaban J connectivity index is 1.54. The van der Waals surface area contributed by atoms with Crippen LogP contribution in [0.4, 0.5) is 9.52 Å². The van der Waals surface area contributed by atoms with Crippen molar-refractivity contribution in [2.24, 2.45) is 0 Å². The maximum atomic E-state index is 13.5. The van der Waals surface area contributed by atoms with Crippen molar-refractivity contribution in [2.75, 3.05) is 24.5 Å². The van der Waals surface area contributed by atoms with Crippen LogP contribution in [0.5, 0.6) is 0 Å². The van der Waals surface area contributed by atoms with Crippen LogP contribution in [0.3, 0.4) is 0 Å². The predicted molar refractivity (Wildman–Crippen MR) is 123 cm³/mol. The molecule has 0 radical (unpaired) electrons. The van der Waals surface area contributed by atoms with Crippen molar-refractivity contribution >= 4 is 43.7 Å². The molecule has 9 heteroatoms. The van der Waals surface area contributed by atoms with E-state index in [9.17, 15) is 17.9 Å². The number of rotatable bonds is 5. The first kappa shape index (κ1) is 21.9. The van der Waals surface area contributed by atoms with Gasteiger partial charge in [-0.15, -0.1) is 0 Å². The number of nitrogens with zero attached hydrogens (tertiary/aromatic N) is 3. The molecule has 3 atom stereocenters. The second-order valence-electron chi connectivity index (χ2n) is 7.66. The van der Waals surface area contributed by atoms with E-state index in [4.69, 9.17) is 0 Å². The number of fused-ring (bicyclic) bond motifs is 1. The Kier molecular flexibility index (Phi) is 6.36. The quantitative estimate of drug-likeness (QED) is 0.568. The Morgan fingerprint density at radius 1 is 1.32 bits per heavy atom. The van der Waals surface area contributed by atoms with Gasteiger partial charge in [-0.25, -0.2) is 13.6 Å². The minimum absolute atomic E-state index is 0.0715. The predicted octanol–water partition coefficient (Wildman–Crippen LogP) is 4.46.